The molecule has 0 spiro atoms. The number of benzene rings is 1. The highest BCUT2D eigenvalue weighted by Gasteiger charge is 2.40. The minimum absolute atomic E-state index is 0.0133. The van der Waals surface area contributed by atoms with Crippen LogP contribution in [0.4, 0.5) is 14.5 Å². The van der Waals surface area contributed by atoms with Crippen LogP contribution in [0, 0.1) is 28.9 Å². The second-order valence-electron chi connectivity index (χ2n) is 5.88. The lowest BCUT2D eigenvalue weighted by Crippen LogP contribution is -2.40. The third-order valence-electron chi connectivity index (χ3n) is 4.13. The van der Waals surface area contributed by atoms with Crippen LogP contribution in [0.3, 0.4) is 0 Å². The van der Waals surface area contributed by atoms with Crippen LogP contribution >= 0.6 is 0 Å². The molecule has 1 aromatic carbocycles. The summed E-state index contributed by atoms with van der Waals surface area (Å²) in [5, 5.41) is 18.8. The Balaban J connectivity index is 2.35. The van der Waals surface area contributed by atoms with Gasteiger partial charge in [0.2, 0.25) is 0 Å². The van der Waals surface area contributed by atoms with Crippen LogP contribution in [0.15, 0.2) is 12.1 Å². The van der Waals surface area contributed by atoms with Crippen LogP contribution in [0.1, 0.15) is 32.8 Å². The second-order valence-corrected chi connectivity index (χ2v) is 5.88. The predicted octanol–water partition coefficient (Wildman–Crippen LogP) is 2.82. The van der Waals surface area contributed by atoms with E-state index in [1.165, 1.54) is 0 Å². The molecule has 5 heteroatoms. The molecule has 0 saturated carbocycles. The summed E-state index contributed by atoms with van der Waals surface area (Å²) in [6.45, 7) is 5.91. The molecule has 20 heavy (non-hydrogen) atoms. The molecule has 108 valence electrons. The van der Waals surface area contributed by atoms with Gasteiger partial charge in [-0.05, 0) is 33.3 Å². The minimum Gasteiger partial charge on any atom is -0.390 e. The van der Waals surface area contributed by atoms with E-state index < -0.39 is 17.2 Å². The Bertz CT molecular complexity index is 560. The molecule has 2 rings (SSSR count). The molecule has 0 aromatic heterocycles. The Labute approximate surface area is 117 Å². The molecule has 2 atom stereocenters. The minimum atomic E-state index is -0.865. The van der Waals surface area contributed by atoms with Crippen molar-refractivity contribution in [3.8, 4) is 6.07 Å². The summed E-state index contributed by atoms with van der Waals surface area (Å²) >= 11 is 0. The van der Waals surface area contributed by atoms with E-state index >= 15 is 0 Å². The number of nitrogens with zero attached hydrogens (tertiary/aromatic N) is 2. The molecular weight excluding hydrogens is 262 g/mol. The van der Waals surface area contributed by atoms with Gasteiger partial charge in [-0.3, -0.25) is 0 Å². The molecule has 0 bridgehead atoms. The Hall–Kier alpha value is -1.67. The topological polar surface area (TPSA) is 47.3 Å². The van der Waals surface area contributed by atoms with Crippen molar-refractivity contribution in [1.29, 1.82) is 5.26 Å². The first-order chi connectivity index (χ1) is 9.25. The van der Waals surface area contributed by atoms with Gasteiger partial charge in [0.15, 0.2) is 0 Å². The van der Waals surface area contributed by atoms with Crippen molar-refractivity contribution in [2.75, 3.05) is 11.4 Å². The Kier molecular flexibility index (Phi) is 3.70. The largest absolute Gasteiger partial charge is 0.390 e. The molecule has 3 nitrogen and oxygen atoms in total. The van der Waals surface area contributed by atoms with Crippen LogP contribution in [0.2, 0.25) is 0 Å². The highest BCUT2D eigenvalue weighted by atomic mass is 19.1. The van der Waals surface area contributed by atoms with Crippen molar-refractivity contribution in [2.45, 2.75) is 38.8 Å². The number of rotatable bonds is 2. The molecule has 0 aliphatic carbocycles. The average molecular weight is 280 g/mol. The second kappa shape index (κ2) is 5.02. The fourth-order valence-electron chi connectivity index (χ4n) is 3.07. The van der Waals surface area contributed by atoms with Gasteiger partial charge in [-0.25, -0.2) is 8.78 Å². The van der Waals surface area contributed by atoms with E-state index in [1.54, 1.807) is 24.8 Å². The van der Waals surface area contributed by atoms with Gasteiger partial charge in [0.25, 0.3) is 0 Å². The quantitative estimate of drug-likeness (QED) is 0.906. The van der Waals surface area contributed by atoms with Crippen molar-refractivity contribution >= 4 is 5.69 Å². The third kappa shape index (κ3) is 2.48. The number of anilines is 1. The van der Waals surface area contributed by atoms with Crippen LogP contribution in [0.25, 0.3) is 0 Å². The molecule has 1 aliphatic rings. The molecule has 1 aromatic rings. The lowest BCUT2D eigenvalue weighted by Gasteiger charge is -2.33. The molecule has 1 heterocycles. The summed E-state index contributed by atoms with van der Waals surface area (Å²) in [5.41, 5.74) is -1.01. The lowest BCUT2D eigenvalue weighted by atomic mass is 9.85. The standard InChI is InChI=1S/C15H18F2N2O/c1-9-11(15(2,3)20)4-5-19(9)14-7-12(16)10(8-18)6-13(14)17/h6-7,9,11,20H,4-5H2,1-3H3/t9-,11-/m0/s1. The summed E-state index contributed by atoms with van der Waals surface area (Å²) in [4.78, 5) is 1.75. The summed E-state index contributed by atoms with van der Waals surface area (Å²) < 4.78 is 27.7. The molecule has 0 amide bonds. The zero-order valence-electron chi connectivity index (χ0n) is 11.8. The van der Waals surface area contributed by atoms with Crippen molar-refractivity contribution < 1.29 is 13.9 Å². The maximum Gasteiger partial charge on any atom is 0.148 e. The van der Waals surface area contributed by atoms with Crippen molar-refractivity contribution in [3.63, 3.8) is 0 Å². The number of nitriles is 1. The maximum atomic E-state index is 14.0. The zero-order chi connectivity index (χ0) is 15.1. The summed E-state index contributed by atoms with van der Waals surface area (Å²) in [6, 6.07) is 3.52. The predicted molar refractivity (Wildman–Crippen MR) is 72.3 cm³/mol. The van der Waals surface area contributed by atoms with Crippen LogP contribution in [-0.4, -0.2) is 23.3 Å². The summed E-state index contributed by atoms with van der Waals surface area (Å²) in [7, 11) is 0. The number of halogens is 2. The average Bonchev–Trinajstić information content (AvgIpc) is 2.73. The smallest absolute Gasteiger partial charge is 0.148 e. The first-order valence-electron chi connectivity index (χ1n) is 6.64. The van der Waals surface area contributed by atoms with Gasteiger partial charge in [0.05, 0.1) is 16.9 Å². The maximum absolute atomic E-state index is 14.0. The van der Waals surface area contributed by atoms with Gasteiger partial charge in [-0.15, -0.1) is 0 Å². The molecule has 0 unspecified atom stereocenters. The van der Waals surface area contributed by atoms with E-state index in [2.05, 4.69) is 0 Å². The Morgan fingerprint density at radius 1 is 1.35 bits per heavy atom. The highest BCUT2D eigenvalue weighted by Crippen LogP contribution is 2.37. The van der Waals surface area contributed by atoms with Gasteiger partial charge in [0, 0.05) is 24.6 Å². The molecule has 1 aliphatic heterocycles. The fraction of sp³-hybridized carbons (Fsp3) is 0.533. The SMILES string of the molecule is C[C@H]1[C@@H](C(C)(C)O)CCN1c1cc(F)c(C#N)cc1F. The number of hydrogen-bond donors (Lipinski definition) is 1. The molecule has 1 fully saturated rings. The first-order valence-corrected chi connectivity index (χ1v) is 6.64. The van der Waals surface area contributed by atoms with Crippen LogP contribution < -0.4 is 4.90 Å². The fourth-order valence-corrected chi connectivity index (χ4v) is 3.07. The monoisotopic (exact) mass is 280 g/mol. The molecule has 0 radical (unpaired) electrons. The normalized spacial score (nSPS) is 22.9. The van der Waals surface area contributed by atoms with E-state index in [0.29, 0.717) is 13.0 Å². The van der Waals surface area contributed by atoms with Crippen LogP contribution in [0.5, 0.6) is 0 Å². The van der Waals surface area contributed by atoms with Gasteiger partial charge >= 0.3 is 0 Å². The first kappa shape index (κ1) is 14.7. The van der Waals surface area contributed by atoms with E-state index in [9.17, 15) is 13.9 Å². The summed E-state index contributed by atoms with van der Waals surface area (Å²) in [5.74, 6) is -1.34. The highest BCUT2D eigenvalue weighted by molar-refractivity contribution is 5.53. The van der Waals surface area contributed by atoms with E-state index in [0.717, 1.165) is 12.1 Å². The Morgan fingerprint density at radius 3 is 2.50 bits per heavy atom. The van der Waals surface area contributed by atoms with E-state index in [1.807, 2.05) is 6.92 Å². The van der Waals surface area contributed by atoms with Crippen molar-refractivity contribution in [1.82, 2.24) is 0 Å². The lowest BCUT2D eigenvalue weighted by molar-refractivity contribution is 0.0156. The van der Waals surface area contributed by atoms with Crippen molar-refractivity contribution in [3.05, 3.63) is 29.3 Å². The number of aliphatic hydroxyl groups is 1. The molecule has 1 N–H and O–H groups in total. The van der Waals surface area contributed by atoms with Gasteiger partial charge in [0.1, 0.15) is 17.7 Å². The van der Waals surface area contributed by atoms with Gasteiger partial charge in [-0.2, -0.15) is 5.26 Å². The van der Waals surface area contributed by atoms with E-state index in [-0.39, 0.29) is 23.2 Å². The van der Waals surface area contributed by atoms with Crippen molar-refractivity contribution in [2.24, 2.45) is 5.92 Å². The van der Waals surface area contributed by atoms with Gasteiger partial charge < -0.3 is 10.0 Å². The molecule has 1 saturated heterocycles. The third-order valence-corrected chi connectivity index (χ3v) is 4.13. The molecular formula is C15H18F2N2O. The van der Waals surface area contributed by atoms with Gasteiger partial charge in [-0.1, -0.05) is 0 Å². The Morgan fingerprint density at radius 2 is 2.00 bits per heavy atom. The van der Waals surface area contributed by atoms with E-state index in [4.69, 9.17) is 5.26 Å². The number of hydrogen-bond acceptors (Lipinski definition) is 3. The zero-order valence-corrected chi connectivity index (χ0v) is 11.8. The van der Waals surface area contributed by atoms with Crippen LogP contribution in [-0.2, 0) is 0 Å². The summed E-state index contributed by atoms with van der Waals surface area (Å²) in [6.07, 6.45) is 0.714.